The summed E-state index contributed by atoms with van der Waals surface area (Å²) < 4.78 is 15.6. The van der Waals surface area contributed by atoms with E-state index in [0.717, 1.165) is 30.8 Å². The topological polar surface area (TPSA) is 17.8 Å². The molecule has 1 aliphatic heterocycles. The van der Waals surface area contributed by atoms with Gasteiger partial charge in [0.2, 0.25) is 0 Å². The van der Waals surface area contributed by atoms with Crippen LogP contribution in [-0.2, 0) is 13.0 Å². The largest absolute Gasteiger partial charge is 0.328 e. The Balaban J connectivity index is 2.09. The highest BCUT2D eigenvalue weighted by Gasteiger charge is 2.15. The first kappa shape index (κ1) is 10.6. The lowest BCUT2D eigenvalue weighted by Crippen LogP contribution is -2.12. The van der Waals surface area contributed by atoms with Crippen LogP contribution in [0.3, 0.4) is 0 Å². The average molecular weight is 226 g/mol. The van der Waals surface area contributed by atoms with E-state index in [1.54, 1.807) is 6.07 Å². The summed E-state index contributed by atoms with van der Waals surface area (Å²) in [6.45, 7) is 0.969. The minimum atomic E-state index is -0.379. The summed E-state index contributed by atoms with van der Waals surface area (Å²) in [6.07, 6.45) is 5.32. The van der Waals surface area contributed by atoms with Gasteiger partial charge >= 0.3 is 0 Å². The van der Waals surface area contributed by atoms with Gasteiger partial charge in [0.1, 0.15) is 19.5 Å². The van der Waals surface area contributed by atoms with Gasteiger partial charge in [0.25, 0.3) is 0 Å². The van der Waals surface area contributed by atoms with Crippen molar-refractivity contribution in [1.29, 1.82) is 0 Å². The summed E-state index contributed by atoms with van der Waals surface area (Å²) in [6, 6.07) is 4.87. The minimum Gasteiger partial charge on any atom is -0.328 e. The van der Waals surface area contributed by atoms with Crippen LogP contribution in [0.4, 0.5) is 4.39 Å². The molecule has 1 aromatic carbocycles. The van der Waals surface area contributed by atoms with E-state index in [-0.39, 0.29) is 11.3 Å². The van der Waals surface area contributed by atoms with Crippen molar-refractivity contribution in [2.24, 2.45) is 0 Å². The number of hydrogen-bond acceptors (Lipinski definition) is 1. The molecular weight excluding hydrogens is 214 g/mol. The molecule has 0 fully saturated rings. The highest BCUT2D eigenvalue weighted by atomic mass is 19.1. The predicted molar refractivity (Wildman–Crippen MR) is 65.9 cm³/mol. The molecule has 17 heavy (non-hydrogen) atoms. The third kappa shape index (κ3) is 1.77. The van der Waals surface area contributed by atoms with Crippen LogP contribution in [0.2, 0.25) is 0 Å². The highest BCUT2D eigenvalue weighted by Crippen LogP contribution is 2.24. The van der Waals surface area contributed by atoms with E-state index < -0.39 is 0 Å². The number of hydrogen-bond donors (Lipinski definition) is 0. The molecule has 2 aromatic rings. The van der Waals surface area contributed by atoms with Crippen molar-refractivity contribution < 1.29 is 4.39 Å². The fourth-order valence-electron chi connectivity index (χ4n) is 2.33. The van der Waals surface area contributed by atoms with E-state index in [1.165, 1.54) is 18.2 Å². The number of aromatic nitrogens is 2. The molecule has 1 aliphatic rings. The van der Waals surface area contributed by atoms with Gasteiger partial charge in [0.05, 0.1) is 0 Å². The van der Waals surface area contributed by atoms with E-state index in [2.05, 4.69) is 9.55 Å². The van der Waals surface area contributed by atoms with Crippen molar-refractivity contribution in [2.75, 3.05) is 0 Å². The van der Waals surface area contributed by atoms with Gasteiger partial charge in [-0.3, -0.25) is 0 Å². The van der Waals surface area contributed by atoms with E-state index in [9.17, 15) is 4.39 Å². The molecule has 2 radical (unpaired) electrons. The smallest absolute Gasteiger partial charge is 0.140 e. The summed E-state index contributed by atoms with van der Waals surface area (Å²) in [5.41, 5.74) is 2.22. The van der Waals surface area contributed by atoms with Crippen molar-refractivity contribution in [3.63, 3.8) is 0 Å². The Morgan fingerprint density at radius 1 is 1.29 bits per heavy atom. The maximum absolute atomic E-state index is 13.4. The summed E-state index contributed by atoms with van der Waals surface area (Å²) in [7, 11) is 5.48. The molecule has 0 atom stereocenters. The van der Waals surface area contributed by atoms with E-state index in [0.29, 0.717) is 0 Å². The monoisotopic (exact) mass is 226 g/mol. The van der Waals surface area contributed by atoms with E-state index in [1.807, 2.05) is 12.3 Å². The molecule has 2 heterocycles. The molecule has 0 saturated heterocycles. The molecule has 0 saturated carbocycles. The van der Waals surface area contributed by atoms with Gasteiger partial charge in [-0.2, -0.15) is 0 Å². The number of imidazole rings is 1. The lowest BCUT2D eigenvalue weighted by molar-refractivity contribution is 0.536. The summed E-state index contributed by atoms with van der Waals surface area (Å²) in [4.78, 5) is 4.39. The van der Waals surface area contributed by atoms with E-state index in [4.69, 9.17) is 7.85 Å². The highest BCUT2D eigenvalue weighted by molar-refractivity contribution is 6.32. The van der Waals surface area contributed by atoms with Crippen LogP contribution in [0.5, 0.6) is 0 Å². The maximum Gasteiger partial charge on any atom is 0.140 e. The number of nitrogens with zero attached hydrogens (tertiary/aromatic N) is 2. The minimum absolute atomic E-state index is 0.180. The van der Waals surface area contributed by atoms with Crippen LogP contribution in [0.25, 0.3) is 11.4 Å². The van der Waals surface area contributed by atoms with Crippen molar-refractivity contribution in [3.8, 4) is 11.4 Å². The third-order valence-corrected chi connectivity index (χ3v) is 3.26. The number of halogens is 1. The first-order chi connectivity index (χ1) is 8.25. The van der Waals surface area contributed by atoms with Gasteiger partial charge in [-0.05, 0) is 25.3 Å². The van der Waals surface area contributed by atoms with Crippen molar-refractivity contribution in [1.82, 2.24) is 9.55 Å². The summed E-state index contributed by atoms with van der Waals surface area (Å²) >= 11 is 0. The second-order valence-corrected chi connectivity index (χ2v) is 4.42. The van der Waals surface area contributed by atoms with Crippen LogP contribution in [0.1, 0.15) is 18.5 Å². The van der Waals surface area contributed by atoms with Gasteiger partial charge < -0.3 is 4.57 Å². The summed E-state index contributed by atoms with van der Waals surface area (Å²) in [5, 5.41) is 0. The molecule has 3 rings (SSSR count). The second-order valence-electron chi connectivity index (χ2n) is 4.42. The molecule has 1 aromatic heterocycles. The fourth-order valence-corrected chi connectivity index (χ4v) is 2.33. The van der Waals surface area contributed by atoms with Crippen LogP contribution in [-0.4, -0.2) is 17.4 Å². The van der Waals surface area contributed by atoms with E-state index >= 15 is 0 Å². The SMILES string of the molecule is [B]c1ccc(-c2ncc3n2CCCC3)cc1F. The predicted octanol–water partition coefficient (Wildman–Crippen LogP) is 1.82. The lowest BCUT2D eigenvalue weighted by Gasteiger charge is -2.16. The number of rotatable bonds is 1. The fraction of sp³-hybridized carbons (Fsp3) is 0.308. The van der Waals surface area contributed by atoms with Gasteiger partial charge in [0.15, 0.2) is 0 Å². The van der Waals surface area contributed by atoms with Gasteiger partial charge in [-0.15, -0.1) is 0 Å². The Bertz CT molecular complexity index is 563. The van der Waals surface area contributed by atoms with Crippen LogP contribution < -0.4 is 5.46 Å². The van der Waals surface area contributed by atoms with Crippen molar-refractivity contribution in [2.45, 2.75) is 25.8 Å². The molecule has 0 unspecified atom stereocenters. The summed E-state index contributed by atoms with van der Waals surface area (Å²) in [5.74, 6) is 0.467. The third-order valence-electron chi connectivity index (χ3n) is 3.26. The molecular formula is C13H12BFN2. The zero-order chi connectivity index (χ0) is 11.8. The van der Waals surface area contributed by atoms with Crippen LogP contribution >= 0.6 is 0 Å². The molecule has 0 amide bonds. The van der Waals surface area contributed by atoms with Crippen LogP contribution in [0, 0.1) is 5.82 Å². The van der Waals surface area contributed by atoms with Crippen molar-refractivity contribution >= 4 is 13.3 Å². The first-order valence-electron chi connectivity index (χ1n) is 5.85. The number of aryl methyl sites for hydroxylation is 1. The molecule has 0 bridgehead atoms. The zero-order valence-electron chi connectivity index (χ0n) is 9.49. The zero-order valence-corrected chi connectivity index (χ0v) is 9.49. The standard InChI is InChI=1S/C13H12BFN2/c14-11-5-4-9(7-12(11)15)13-16-8-10-3-1-2-6-17(10)13/h4-5,7-8H,1-3,6H2. The Morgan fingerprint density at radius 2 is 2.18 bits per heavy atom. The van der Waals surface area contributed by atoms with Gasteiger partial charge in [0, 0.05) is 24.0 Å². The molecule has 4 heteroatoms. The quantitative estimate of drug-likeness (QED) is 0.678. The second kappa shape index (κ2) is 4.02. The first-order valence-corrected chi connectivity index (χ1v) is 5.85. The lowest BCUT2D eigenvalue weighted by atomic mass is 9.94. The number of benzene rings is 1. The van der Waals surface area contributed by atoms with Crippen LogP contribution in [0.15, 0.2) is 24.4 Å². The number of fused-ring (bicyclic) bond motifs is 1. The average Bonchev–Trinajstić information content (AvgIpc) is 2.76. The Hall–Kier alpha value is -1.58. The normalized spacial score (nSPS) is 14.6. The Kier molecular flexibility index (Phi) is 2.50. The molecule has 0 spiro atoms. The molecule has 0 N–H and O–H groups in total. The maximum atomic E-state index is 13.4. The molecule has 84 valence electrons. The van der Waals surface area contributed by atoms with Crippen molar-refractivity contribution in [3.05, 3.63) is 35.9 Å². The Labute approximate surface area is 101 Å². The Morgan fingerprint density at radius 3 is 3.00 bits per heavy atom. The molecule has 0 aliphatic carbocycles. The molecule has 2 nitrogen and oxygen atoms in total. The van der Waals surface area contributed by atoms with Gasteiger partial charge in [-0.25, -0.2) is 9.37 Å². The van der Waals surface area contributed by atoms with Gasteiger partial charge in [-0.1, -0.05) is 17.6 Å².